The summed E-state index contributed by atoms with van der Waals surface area (Å²) in [5.74, 6) is -0.347. The molecule has 0 aliphatic carbocycles. The Morgan fingerprint density at radius 3 is 2.19 bits per heavy atom. The third kappa shape index (κ3) is 5.62. The Morgan fingerprint density at radius 1 is 0.968 bits per heavy atom. The number of aromatic nitrogens is 1. The number of rotatable bonds is 7. The number of hydrogen-bond donors (Lipinski definition) is 1. The number of hydrogen-bond acceptors (Lipinski definition) is 5. The number of nitrogens with one attached hydrogen (secondary N) is 1. The molecule has 1 aromatic heterocycles. The van der Waals surface area contributed by atoms with Crippen LogP contribution in [0.15, 0.2) is 83.1 Å². The highest BCUT2D eigenvalue weighted by atomic mass is 32.2. The van der Waals surface area contributed by atoms with Gasteiger partial charge in [-0.05, 0) is 55.8 Å². The molecule has 0 radical (unpaired) electrons. The summed E-state index contributed by atoms with van der Waals surface area (Å²) in [5.41, 5.74) is 6.25. The van der Waals surface area contributed by atoms with Crippen molar-refractivity contribution in [3.8, 4) is 0 Å². The Bertz CT molecular complexity index is 1170. The average molecular weight is 437 g/mol. The van der Waals surface area contributed by atoms with E-state index in [1.54, 1.807) is 80.0 Å². The summed E-state index contributed by atoms with van der Waals surface area (Å²) in [7, 11) is -2.06. The quantitative estimate of drug-likeness (QED) is 0.454. The molecule has 1 amide bonds. The summed E-state index contributed by atoms with van der Waals surface area (Å²) in [4.78, 5) is 16.5. The molecule has 0 bridgehead atoms. The normalized spacial score (nSPS) is 12.1. The number of amides is 1. The first kappa shape index (κ1) is 22.3. The Labute approximate surface area is 182 Å². The number of aryl methyl sites for hydroxylation is 1. The molecule has 8 heteroatoms. The average Bonchev–Trinajstić information content (AvgIpc) is 2.78. The molecule has 0 aliphatic rings. The largest absolute Gasteiger partial charge is 0.271 e. The molecule has 0 saturated carbocycles. The van der Waals surface area contributed by atoms with Crippen LogP contribution in [0.2, 0.25) is 0 Å². The molecule has 0 atom stereocenters. The van der Waals surface area contributed by atoms with Crippen molar-refractivity contribution in [2.24, 2.45) is 5.10 Å². The van der Waals surface area contributed by atoms with Crippen LogP contribution < -0.4 is 5.43 Å². The Balaban J connectivity index is 1.64. The van der Waals surface area contributed by atoms with Crippen LogP contribution in [0.5, 0.6) is 0 Å². The second-order valence-electron chi connectivity index (χ2n) is 7.15. The van der Waals surface area contributed by atoms with E-state index < -0.39 is 10.0 Å². The highest BCUT2D eigenvalue weighted by molar-refractivity contribution is 7.89. The fourth-order valence-corrected chi connectivity index (χ4v) is 4.01. The van der Waals surface area contributed by atoms with Gasteiger partial charge in [-0.1, -0.05) is 29.8 Å². The minimum atomic E-state index is -3.59. The standard InChI is InChI=1S/C23H24N4O3S/c1-17-4-10-22(11-5-17)31(29,30)27(3)16-19-6-8-21(9-7-19)23(28)26-25-18(2)20-12-14-24-15-13-20/h4-15H,16H2,1-3H3,(H,26,28). The smallest absolute Gasteiger partial charge is 0.267 e. The van der Waals surface area contributed by atoms with E-state index in [4.69, 9.17) is 0 Å². The first-order valence-electron chi connectivity index (χ1n) is 9.64. The second kappa shape index (κ2) is 9.63. The van der Waals surface area contributed by atoms with Gasteiger partial charge in [0.05, 0.1) is 10.6 Å². The van der Waals surface area contributed by atoms with Gasteiger partial charge in [-0.3, -0.25) is 9.78 Å². The number of benzene rings is 2. The summed E-state index contributed by atoms with van der Waals surface area (Å²) in [5, 5.41) is 4.12. The zero-order chi connectivity index (χ0) is 22.4. The summed E-state index contributed by atoms with van der Waals surface area (Å²) < 4.78 is 26.8. The lowest BCUT2D eigenvalue weighted by Gasteiger charge is -2.17. The van der Waals surface area contributed by atoms with E-state index in [-0.39, 0.29) is 17.3 Å². The molecule has 0 spiro atoms. The van der Waals surface area contributed by atoms with E-state index in [1.807, 2.05) is 6.92 Å². The lowest BCUT2D eigenvalue weighted by molar-refractivity contribution is 0.0955. The molecule has 31 heavy (non-hydrogen) atoms. The van der Waals surface area contributed by atoms with Gasteiger partial charge in [-0.25, -0.2) is 13.8 Å². The van der Waals surface area contributed by atoms with Crippen molar-refractivity contribution in [2.75, 3.05) is 7.05 Å². The van der Waals surface area contributed by atoms with Crippen molar-refractivity contribution in [3.05, 3.63) is 95.3 Å². The maximum Gasteiger partial charge on any atom is 0.271 e. The van der Waals surface area contributed by atoms with Crippen molar-refractivity contribution < 1.29 is 13.2 Å². The van der Waals surface area contributed by atoms with E-state index in [2.05, 4.69) is 15.5 Å². The fraction of sp³-hybridized carbons (Fsp3) is 0.174. The van der Waals surface area contributed by atoms with Crippen LogP contribution >= 0.6 is 0 Å². The number of sulfonamides is 1. The molecule has 160 valence electrons. The maximum atomic E-state index is 12.7. The van der Waals surface area contributed by atoms with Gasteiger partial charge in [-0.2, -0.15) is 9.41 Å². The van der Waals surface area contributed by atoms with E-state index in [9.17, 15) is 13.2 Å². The zero-order valence-electron chi connectivity index (χ0n) is 17.6. The van der Waals surface area contributed by atoms with Crippen molar-refractivity contribution >= 4 is 21.6 Å². The van der Waals surface area contributed by atoms with Gasteiger partial charge >= 0.3 is 0 Å². The molecule has 1 heterocycles. The van der Waals surface area contributed by atoms with E-state index in [0.717, 1.165) is 16.7 Å². The van der Waals surface area contributed by atoms with Crippen molar-refractivity contribution in [1.29, 1.82) is 0 Å². The van der Waals surface area contributed by atoms with E-state index >= 15 is 0 Å². The highest BCUT2D eigenvalue weighted by Crippen LogP contribution is 2.17. The van der Waals surface area contributed by atoms with Crippen molar-refractivity contribution in [3.63, 3.8) is 0 Å². The van der Waals surface area contributed by atoms with E-state index in [1.165, 1.54) is 11.4 Å². The van der Waals surface area contributed by atoms with Crippen molar-refractivity contribution in [1.82, 2.24) is 14.7 Å². The molecule has 0 unspecified atom stereocenters. The molecule has 7 nitrogen and oxygen atoms in total. The van der Waals surface area contributed by atoms with Gasteiger partial charge < -0.3 is 0 Å². The number of pyridine rings is 1. The van der Waals surface area contributed by atoms with E-state index in [0.29, 0.717) is 11.3 Å². The van der Waals surface area contributed by atoms with Gasteiger partial charge in [0.1, 0.15) is 0 Å². The van der Waals surface area contributed by atoms with Crippen LogP contribution in [0.1, 0.15) is 34.0 Å². The molecule has 0 saturated heterocycles. The summed E-state index contributed by atoms with van der Waals surface area (Å²) >= 11 is 0. The predicted molar refractivity (Wildman–Crippen MR) is 120 cm³/mol. The van der Waals surface area contributed by atoms with Gasteiger partial charge in [0.25, 0.3) is 5.91 Å². The van der Waals surface area contributed by atoms with Gasteiger partial charge in [-0.15, -0.1) is 0 Å². The molecule has 0 aliphatic heterocycles. The van der Waals surface area contributed by atoms with Crippen LogP contribution in [-0.4, -0.2) is 36.4 Å². The van der Waals surface area contributed by atoms with Crippen LogP contribution in [0.25, 0.3) is 0 Å². The summed E-state index contributed by atoms with van der Waals surface area (Å²) in [6.07, 6.45) is 3.32. The SMILES string of the molecule is CC(=NNC(=O)c1ccc(CN(C)S(=O)(=O)c2ccc(C)cc2)cc1)c1ccncc1. The monoisotopic (exact) mass is 436 g/mol. The molecule has 3 aromatic rings. The Morgan fingerprint density at radius 2 is 1.58 bits per heavy atom. The van der Waals surface area contributed by atoms with Crippen LogP contribution in [0.4, 0.5) is 0 Å². The van der Waals surface area contributed by atoms with Gasteiger partial charge in [0, 0.05) is 37.1 Å². The van der Waals surface area contributed by atoms with Gasteiger partial charge in [0.2, 0.25) is 10.0 Å². The lowest BCUT2D eigenvalue weighted by atomic mass is 10.1. The summed E-state index contributed by atoms with van der Waals surface area (Å²) in [6.45, 7) is 3.89. The number of carbonyl (C=O) groups is 1. The van der Waals surface area contributed by atoms with Crippen LogP contribution in [0, 0.1) is 6.92 Å². The zero-order valence-corrected chi connectivity index (χ0v) is 18.4. The molecule has 3 rings (SSSR count). The maximum absolute atomic E-state index is 12.7. The number of hydrazone groups is 1. The first-order valence-corrected chi connectivity index (χ1v) is 11.1. The topological polar surface area (TPSA) is 91.7 Å². The number of carbonyl (C=O) groups excluding carboxylic acids is 1. The first-order chi connectivity index (χ1) is 14.8. The number of nitrogens with zero attached hydrogens (tertiary/aromatic N) is 3. The molecular formula is C23H24N4O3S. The summed E-state index contributed by atoms with van der Waals surface area (Å²) in [6, 6.07) is 17.1. The lowest BCUT2D eigenvalue weighted by Crippen LogP contribution is -2.26. The predicted octanol–water partition coefficient (Wildman–Crippen LogP) is 3.36. The highest BCUT2D eigenvalue weighted by Gasteiger charge is 2.20. The third-order valence-electron chi connectivity index (χ3n) is 4.77. The molecule has 1 N–H and O–H groups in total. The van der Waals surface area contributed by atoms with Crippen molar-refractivity contribution in [2.45, 2.75) is 25.3 Å². The third-order valence-corrected chi connectivity index (χ3v) is 6.59. The minimum absolute atomic E-state index is 0.192. The van der Waals surface area contributed by atoms with Gasteiger partial charge in [0.15, 0.2) is 0 Å². The van der Waals surface area contributed by atoms with Crippen LogP contribution in [-0.2, 0) is 16.6 Å². The Hall–Kier alpha value is -3.36. The van der Waals surface area contributed by atoms with Crippen LogP contribution in [0.3, 0.4) is 0 Å². The Kier molecular flexibility index (Phi) is 6.94. The molecule has 2 aromatic carbocycles. The molecular weight excluding hydrogens is 412 g/mol. The second-order valence-corrected chi connectivity index (χ2v) is 9.19. The molecule has 0 fully saturated rings. The fourth-order valence-electron chi connectivity index (χ4n) is 2.85. The minimum Gasteiger partial charge on any atom is -0.267 e.